The van der Waals surface area contributed by atoms with Crippen molar-refractivity contribution in [1.82, 2.24) is 25.5 Å². The fourth-order valence-electron chi connectivity index (χ4n) is 4.35. The topological polar surface area (TPSA) is 103 Å². The lowest BCUT2D eigenvalue weighted by Gasteiger charge is -2.32. The Bertz CT molecular complexity index is 1030. The molecule has 0 aliphatic carbocycles. The molecule has 3 heterocycles. The van der Waals surface area contributed by atoms with Crippen LogP contribution in [-0.2, 0) is 10.0 Å². The van der Waals surface area contributed by atoms with Crippen LogP contribution in [0.15, 0.2) is 53.7 Å². The van der Waals surface area contributed by atoms with E-state index in [1.54, 1.807) is 34.9 Å². The maximum atomic E-state index is 13.1. The molecule has 2 fully saturated rings. The zero-order valence-electron chi connectivity index (χ0n) is 17.8. The van der Waals surface area contributed by atoms with Gasteiger partial charge in [-0.1, -0.05) is 19.4 Å². The Labute approximate surface area is 183 Å². The lowest BCUT2D eigenvalue weighted by atomic mass is 9.95. The Kier molecular flexibility index (Phi) is 6.38. The van der Waals surface area contributed by atoms with Crippen LogP contribution in [0.5, 0.6) is 0 Å². The van der Waals surface area contributed by atoms with Gasteiger partial charge in [0.05, 0.1) is 17.1 Å². The molecule has 1 aromatic carbocycles. The monoisotopic (exact) mass is 443 g/mol. The highest BCUT2D eigenvalue weighted by atomic mass is 32.2. The average molecular weight is 444 g/mol. The van der Waals surface area contributed by atoms with Crippen LogP contribution in [-0.4, -0.2) is 42.4 Å². The number of hydrazine groups is 1. The molecule has 8 nitrogen and oxygen atoms in total. The number of pyridine rings is 1. The molecule has 4 unspecified atom stereocenters. The lowest BCUT2D eigenvalue weighted by molar-refractivity contribution is 0.0922. The van der Waals surface area contributed by atoms with Crippen LogP contribution < -0.4 is 16.2 Å². The maximum absolute atomic E-state index is 13.1. The minimum atomic E-state index is -3.63. The van der Waals surface area contributed by atoms with Gasteiger partial charge < -0.3 is 5.32 Å². The van der Waals surface area contributed by atoms with Crippen molar-refractivity contribution in [2.75, 3.05) is 6.54 Å². The zero-order valence-corrected chi connectivity index (χ0v) is 18.6. The molecule has 166 valence electrons. The molecule has 1 amide bonds. The van der Waals surface area contributed by atoms with E-state index in [0.717, 1.165) is 24.8 Å². The quantitative estimate of drug-likeness (QED) is 0.655. The summed E-state index contributed by atoms with van der Waals surface area (Å²) in [6.07, 6.45) is 5.94. The Hall–Kier alpha value is -2.33. The SMILES string of the molecule is CC1C(NC(=O)c2cccc(S(=O)(=O)N3CCCCC3C)c2)NNC1c1ccncc1. The number of rotatable bonds is 5. The van der Waals surface area contributed by atoms with Gasteiger partial charge in [-0.3, -0.25) is 9.78 Å². The summed E-state index contributed by atoms with van der Waals surface area (Å²) < 4.78 is 27.8. The predicted octanol–water partition coefficient (Wildman–Crippen LogP) is 2.19. The Morgan fingerprint density at radius 2 is 1.90 bits per heavy atom. The van der Waals surface area contributed by atoms with Gasteiger partial charge in [0.15, 0.2) is 0 Å². The highest BCUT2D eigenvalue weighted by molar-refractivity contribution is 7.89. The minimum absolute atomic E-state index is 0.0283. The van der Waals surface area contributed by atoms with Gasteiger partial charge >= 0.3 is 0 Å². The molecule has 0 spiro atoms. The third-order valence-electron chi connectivity index (χ3n) is 6.24. The highest BCUT2D eigenvalue weighted by Gasteiger charge is 2.35. The van der Waals surface area contributed by atoms with Crippen molar-refractivity contribution in [2.45, 2.75) is 56.3 Å². The van der Waals surface area contributed by atoms with E-state index in [-0.39, 0.29) is 35.0 Å². The summed E-state index contributed by atoms with van der Waals surface area (Å²) >= 11 is 0. The number of nitrogens with zero attached hydrogens (tertiary/aromatic N) is 2. The summed E-state index contributed by atoms with van der Waals surface area (Å²) in [7, 11) is -3.63. The number of nitrogens with one attached hydrogen (secondary N) is 3. The second-order valence-electron chi connectivity index (χ2n) is 8.35. The van der Waals surface area contributed by atoms with Crippen LogP contribution in [0.2, 0.25) is 0 Å². The van der Waals surface area contributed by atoms with Gasteiger partial charge in [-0.05, 0) is 55.7 Å². The molecule has 0 saturated carbocycles. The van der Waals surface area contributed by atoms with Gasteiger partial charge in [-0.15, -0.1) is 0 Å². The molecule has 2 aromatic rings. The normalized spacial score (nSPS) is 27.2. The van der Waals surface area contributed by atoms with Crippen molar-refractivity contribution in [3.05, 3.63) is 59.9 Å². The Morgan fingerprint density at radius 1 is 1.13 bits per heavy atom. The standard InChI is InChI=1S/C22H29N5O3S/c1-15-6-3-4-13-27(15)31(29,30)19-8-5-7-18(14-19)22(28)24-21-16(2)20(25-26-21)17-9-11-23-12-10-17/h5,7-12,14-16,20-21,25-26H,3-4,6,13H2,1-2H3,(H,24,28). The van der Waals surface area contributed by atoms with Crippen molar-refractivity contribution in [2.24, 2.45) is 5.92 Å². The first-order chi connectivity index (χ1) is 14.9. The molecule has 2 aliphatic heterocycles. The molecule has 1 aromatic heterocycles. The van der Waals surface area contributed by atoms with Crippen LogP contribution in [0.1, 0.15) is 55.1 Å². The fraction of sp³-hybridized carbons (Fsp3) is 0.455. The largest absolute Gasteiger partial charge is 0.335 e. The number of amides is 1. The van der Waals surface area contributed by atoms with Gasteiger partial charge in [0, 0.05) is 36.5 Å². The molecule has 4 atom stereocenters. The summed E-state index contributed by atoms with van der Waals surface area (Å²) in [5.41, 5.74) is 7.75. The van der Waals surface area contributed by atoms with Crippen LogP contribution >= 0.6 is 0 Å². The van der Waals surface area contributed by atoms with E-state index in [1.807, 2.05) is 26.0 Å². The smallest absolute Gasteiger partial charge is 0.252 e. The molecule has 31 heavy (non-hydrogen) atoms. The number of carbonyl (C=O) groups excluding carboxylic acids is 1. The van der Waals surface area contributed by atoms with Crippen LogP contribution in [0.4, 0.5) is 0 Å². The average Bonchev–Trinajstić information content (AvgIpc) is 3.14. The van der Waals surface area contributed by atoms with E-state index in [0.29, 0.717) is 12.1 Å². The molecule has 3 N–H and O–H groups in total. The number of piperidine rings is 1. The molecule has 0 radical (unpaired) electrons. The van der Waals surface area contributed by atoms with Gasteiger partial charge in [0.25, 0.3) is 5.91 Å². The number of hydrogen-bond acceptors (Lipinski definition) is 6. The highest BCUT2D eigenvalue weighted by Crippen LogP contribution is 2.28. The van der Waals surface area contributed by atoms with Gasteiger partial charge in [-0.25, -0.2) is 19.3 Å². The molecule has 2 aliphatic rings. The Morgan fingerprint density at radius 3 is 2.65 bits per heavy atom. The van der Waals surface area contributed by atoms with E-state index in [2.05, 4.69) is 21.2 Å². The molecule has 2 saturated heterocycles. The maximum Gasteiger partial charge on any atom is 0.252 e. The van der Waals surface area contributed by atoms with E-state index < -0.39 is 10.0 Å². The third-order valence-corrected chi connectivity index (χ3v) is 8.25. The van der Waals surface area contributed by atoms with Crippen LogP contribution in [0, 0.1) is 5.92 Å². The van der Waals surface area contributed by atoms with Crippen molar-refractivity contribution < 1.29 is 13.2 Å². The molecule has 9 heteroatoms. The van der Waals surface area contributed by atoms with Gasteiger partial charge in [-0.2, -0.15) is 4.31 Å². The minimum Gasteiger partial charge on any atom is -0.335 e. The second kappa shape index (κ2) is 9.04. The number of hydrogen-bond donors (Lipinski definition) is 3. The fourth-order valence-corrected chi connectivity index (χ4v) is 6.09. The summed E-state index contributed by atoms with van der Waals surface area (Å²) in [6, 6.07) is 10.2. The first kappa shape index (κ1) is 21.9. The zero-order chi connectivity index (χ0) is 22.0. The number of benzene rings is 1. The number of sulfonamides is 1. The molecular formula is C22H29N5O3S. The molecular weight excluding hydrogens is 414 g/mol. The molecule has 0 bridgehead atoms. The first-order valence-corrected chi connectivity index (χ1v) is 12.2. The van der Waals surface area contributed by atoms with E-state index >= 15 is 0 Å². The van der Waals surface area contributed by atoms with E-state index in [4.69, 9.17) is 0 Å². The second-order valence-corrected chi connectivity index (χ2v) is 10.2. The van der Waals surface area contributed by atoms with Crippen molar-refractivity contribution >= 4 is 15.9 Å². The predicted molar refractivity (Wildman–Crippen MR) is 117 cm³/mol. The first-order valence-electron chi connectivity index (χ1n) is 10.7. The van der Waals surface area contributed by atoms with E-state index in [1.165, 1.54) is 6.07 Å². The van der Waals surface area contributed by atoms with Gasteiger partial charge in [0.1, 0.15) is 0 Å². The summed E-state index contributed by atoms with van der Waals surface area (Å²) in [5, 5.41) is 2.98. The van der Waals surface area contributed by atoms with Crippen LogP contribution in [0.25, 0.3) is 0 Å². The van der Waals surface area contributed by atoms with Crippen molar-refractivity contribution in [3.8, 4) is 0 Å². The summed E-state index contributed by atoms with van der Waals surface area (Å²) in [5.74, 6) is -0.238. The summed E-state index contributed by atoms with van der Waals surface area (Å²) in [6.45, 7) is 4.50. The molecule has 4 rings (SSSR count). The van der Waals surface area contributed by atoms with E-state index in [9.17, 15) is 13.2 Å². The number of carbonyl (C=O) groups is 1. The summed E-state index contributed by atoms with van der Waals surface area (Å²) in [4.78, 5) is 17.1. The van der Waals surface area contributed by atoms with Crippen LogP contribution in [0.3, 0.4) is 0 Å². The lowest BCUT2D eigenvalue weighted by Crippen LogP contribution is -2.46. The van der Waals surface area contributed by atoms with Crippen molar-refractivity contribution in [1.29, 1.82) is 0 Å². The third kappa shape index (κ3) is 4.50. The number of aromatic nitrogens is 1. The Balaban J connectivity index is 1.48. The van der Waals surface area contributed by atoms with Crippen molar-refractivity contribution in [3.63, 3.8) is 0 Å². The van der Waals surface area contributed by atoms with Gasteiger partial charge in [0.2, 0.25) is 10.0 Å².